The maximum absolute atomic E-state index is 6.27. The molecule has 0 aromatic heterocycles. The molecule has 1 heterocycles. The predicted molar refractivity (Wildman–Crippen MR) is 122 cm³/mol. The molecule has 1 aliphatic heterocycles. The Balaban J connectivity index is 1.42. The van der Waals surface area contributed by atoms with Crippen LogP contribution in [0.2, 0.25) is 0 Å². The lowest BCUT2D eigenvalue weighted by atomic mass is 10.1. The number of ether oxygens (including phenoxy) is 4. The van der Waals surface area contributed by atoms with Gasteiger partial charge < -0.3 is 18.9 Å². The zero-order valence-electron chi connectivity index (χ0n) is 17.7. The minimum Gasteiger partial charge on any atom is -0.374 e. The molecule has 4 rings (SSSR count). The SMILES string of the molecule is ClO[C@H]1O[C@H](COCc2ccccc2)[C@@H](OCc2ccccc2)[C@@H]1OCc1ccccc1. The van der Waals surface area contributed by atoms with E-state index in [1.807, 2.05) is 91.0 Å². The fourth-order valence-electron chi connectivity index (χ4n) is 3.68. The summed E-state index contributed by atoms with van der Waals surface area (Å²) in [5, 5.41) is 0. The molecule has 6 heteroatoms. The number of rotatable bonds is 11. The van der Waals surface area contributed by atoms with Gasteiger partial charge in [0.2, 0.25) is 6.29 Å². The first-order valence-electron chi connectivity index (χ1n) is 10.7. The Morgan fingerprint density at radius 1 is 0.625 bits per heavy atom. The van der Waals surface area contributed by atoms with E-state index < -0.39 is 18.5 Å². The van der Waals surface area contributed by atoms with Crippen LogP contribution >= 0.6 is 11.9 Å². The van der Waals surface area contributed by atoms with Crippen LogP contribution in [-0.2, 0) is 43.1 Å². The lowest BCUT2D eigenvalue weighted by Gasteiger charge is -2.24. The first kappa shape index (κ1) is 22.9. The van der Waals surface area contributed by atoms with Gasteiger partial charge in [-0.1, -0.05) is 91.0 Å². The van der Waals surface area contributed by atoms with Gasteiger partial charge in [-0.3, -0.25) is 0 Å². The molecule has 1 saturated heterocycles. The summed E-state index contributed by atoms with van der Waals surface area (Å²) in [5.74, 6) is 0. The second-order valence-corrected chi connectivity index (χ2v) is 7.83. The molecule has 0 bridgehead atoms. The average molecular weight is 455 g/mol. The van der Waals surface area contributed by atoms with E-state index in [9.17, 15) is 0 Å². The van der Waals surface area contributed by atoms with Crippen LogP contribution in [0.5, 0.6) is 0 Å². The second kappa shape index (κ2) is 12.1. The van der Waals surface area contributed by atoms with E-state index in [1.165, 1.54) is 0 Å². The van der Waals surface area contributed by atoms with Crippen LogP contribution in [0.4, 0.5) is 0 Å². The number of hydrogen-bond acceptors (Lipinski definition) is 5. The zero-order valence-corrected chi connectivity index (χ0v) is 18.5. The molecule has 4 atom stereocenters. The van der Waals surface area contributed by atoms with Crippen LogP contribution in [-0.4, -0.2) is 31.2 Å². The Bertz CT molecular complexity index is 909. The first-order valence-corrected chi connectivity index (χ1v) is 11.0. The van der Waals surface area contributed by atoms with Gasteiger partial charge >= 0.3 is 0 Å². The second-order valence-electron chi connectivity index (χ2n) is 7.66. The molecule has 0 N–H and O–H groups in total. The van der Waals surface area contributed by atoms with Gasteiger partial charge in [-0.15, -0.1) is 0 Å². The van der Waals surface area contributed by atoms with Crippen molar-refractivity contribution in [2.45, 2.75) is 44.4 Å². The summed E-state index contributed by atoms with van der Waals surface area (Å²) in [6.45, 7) is 1.63. The molecular formula is C26H27ClO5. The maximum Gasteiger partial charge on any atom is 0.206 e. The van der Waals surface area contributed by atoms with Gasteiger partial charge in [0.05, 0.1) is 38.3 Å². The fourth-order valence-corrected chi connectivity index (χ4v) is 3.82. The van der Waals surface area contributed by atoms with Crippen molar-refractivity contribution < 1.29 is 23.2 Å². The van der Waals surface area contributed by atoms with E-state index in [4.69, 9.17) is 35.1 Å². The van der Waals surface area contributed by atoms with Gasteiger partial charge in [-0.2, -0.15) is 0 Å². The minimum absolute atomic E-state index is 0.330. The topological polar surface area (TPSA) is 46.2 Å². The highest BCUT2D eigenvalue weighted by atomic mass is 35.5. The number of benzene rings is 3. The molecule has 3 aromatic carbocycles. The van der Waals surface area contributed by atoms with Gasteiger partial charge in [-0.25, -0.2) is 4.29 Å². The maximum atomic E-state index is 6.27. The minimum atomic E-state index is -0.758. The molecule has 0 amide bonds. The standard InChI is InChI=1S/C26H27ClO5/c27-32-26-25(30-18-22-14-8-3-9-15-22)24(29-17-21-12-6-2-7-13-21)23(31-26)19-28-16-20-10-4-1-5-11-20/h1-15,23-26H,16-19H2/t23-,24-,25+,26-/m1/s1. The van der Waals surface area contributed by atoms with Crippen molar-refractivity contribution in [2.24, 2.45) is 0 Å². The van der Waals surface area contributed by atoms with Crippen LogP contribution in [0.1, 0.15) is 16.7 Å². The normalized spacial score (nSPS) is 22.8. The third-order valence-electron chi connectivity index (χ3n) is 5.32. The van der Waals surface area contributed by atoms with E-state index in [-0.39, 0.29) is 6.10 Å². The van der Waals surface area contributed by atoms with E-state index in [0.29, 0.717) is 26.4 Å². The Morgan fingerprint density at radius 2 is 1.09 bits per heavy atom. The van der Waals surface area contributed by atoms with Crippen LogP contribution < -0.4 is 0 Å². The van der Waals surface area contributed by atoms with Crippen molar-refractivity contribution in [3.63, 3.8) is 0 Å². The summed E-state index contributed by atoms with van der Waals surface area (Å²) in [4.78, 5) is 0. The summed E-state index contributed by atoms with van der Waals surface area (Å²) in [5.41, 5.74) is 3.20. The Kier molecular flexibility index (Phi) is 8.68. The van der Waals surface area contributed by atoms with Gasteiger partial charge in [0.25, 0.3) is 0 Å². The molecule has 0 aliphatic carbocycles. The molecule has 5 nitrogen and oxygen atoms in total. The van der Waals surface area contributed by atoms with Gasteiger partial charge in [0, 0.05) is 0 Å². The lowest BCUT2D eigenvalue weighted by Crippen LogP contribution is -2.39. The van der Waals surface area contributed by atoms with Gasteiger partial charge in [0.1, 0.15) is 18.3 Å². The zero-order chi connectivity index (χ0) is 22.0. The summed E-state index contributed by atoms with van der Waals surface area (Å²) >= 11 is 5.76. The number of hydrogen-bond donors (Lipinski definition) is 0. The molecule has 1 fully saturated rings. The van der Waals surface area contributed by atoms with E-state index in [1.54, 1.807) is 0 Å². The van der Waals surface area contributed by atoms with Crippen LogP contribution in [0.3, 0.4) is 0 Å². The fraction of sp³-hybridized carbons (Fsp3) is 0.308. The molecule has 0 spiro atoms. The van der Waals surface area contributed by atoms with Crippen molar-refractivity contribution in [3.8, 4) is 0 Å². The molecule has 3 aromatic rings. The van der Waals surface area contributed by atoms with Crippen molar-refractivity contribution in [2.75, 3.05) is 6.61 Å². The van der Waals surface area contributed by atoms with Gasteiger partial charge in [-0.05, 0) is 16.7 Å². The third-order valence-corrected chi connectivity index (χ3v) is 5.50. The monoisotopic (exact) mass is 454 g/mol. The van der Waals surface area contributed by atoms with Crippen molar-refractivity contribution in [1.82, 2.24) is 0 Å². The highest BCUT2D eigenvalue weighted by Gasteiger charge is 2.47. The van der Waals surface area contributed by atoms with E-state index in [0.717, 1.165) is 16.7 Å². The average Bonchev–Trinajstić information content (AvgIpc) is 3.19. The quantitative estimate of drug-likeness (QED) is 0.395. The molecule has 0 radical (unpaired) electrons. The summed E-state index contributed by atoms with van der Waals surface area (Å²) in [6, 6.07) is 29.9. The van der Waals surface area contributed by atoms with Gasteiger partial charge in [0.15, 0.2) is 0 Å². The molecule has 1 aliphatic rings. The third kappa shape index (κ3) is 6.39. The Labute approximate surface area is 194 Å². The largest absolute Gasteiger partial charge is 0.374 e. The molecule has 32 heavy (non-hydrogen) atoms. The van der Waals surface area contributed by atoms with Crippen LogP contribution in [0.25, 0.3) is 0 Å². The summed E-state index contributed by atoms with van der Waals surface area (Å²) in [7, 11) is 0. The van der Waals surface area contributed by atoms with Crippen LogP contribution in [0.15, 0.2) is 91.0 Å². The first-order chi connectivity index (χ1) is 15.8. The molecule has 168 valence electrons. The number of halogens is 1. The Morgan fingerprint density at radius 3 is 1.59 bits per heavy atom. The highest BCUT2D eigenvalue weighted by Crippen LogP contribution is 2.30. The molecule has 0 saturated carbocycles. The summed E-state index contributed by atoms with van der Waals surface area (Å²) < 4.78 is 29.5. The van der Waals surface area contributed by atoms with E-state index >= 15 is 0 Å². The Hall–Kier alpha value is -2.25. The molecular weight excluding hydrogens is 428 g/mol. The van der Waals surface area contributed by atoms with Crippen molar-refractivity contribution >= 4 is 11.9 Å². The van der Waals surface area contributed by atoms with Crippen LogP contribution in [0, 0.1) is 0 Å². The van der Waals surface area contributed by atoms with Crippen molar-refractivity contribution in [1.29, 1.82) is 0 Å². The lowest BCUT2D eigenvalue weighted by molar-refractivity contribution is -0.136. The smallest absolute Gasteiger partial charge is 0.206 e. The van der Waals surface area contributed by atoms with E-state index in [2.05, 4.69) is 0 Å². The predicted octanol–water partition coefficient (Wildman–Crippen LogP) is 5.27. The van der Waals surface area contributed by atoms with Crippen molar-refractivity contribution in [3.05, 3.63) is 108 Å². The molecule has 0 unspecified atom stereocenters. The summed E-state index contributed by atoms with van der Waals surface area (Å²) in [6.07, 6.45) is -2.04. The highest BCUT2D eigenvalue weighted by molar-refractivity contribution is 6.07.